The van der Waals surface area contributed by atoms with Crippen LogP contribution >= 0.6 is 23.3 Å². The number of rotatable bonds is 9. The third-order valence-corrected chi connectivity index (χ3v) is 6.53. The second-order valence-corrected chi connectivity index (χ2v) is 9.27. The molecule has 0 atom stereocenters. The van der Waals surface area contributed by atoms with Crippen LogP contribution in [0.2, 0.25) is 0 Å². The fourth-order valence-electron chi connectivity index (χ4n) is 2.53. The molecule has 1 heterocycles. The van der Waals surface area contributed by atoms with Crippen LogP contribution in [0.25, 0.3) is 6.08 Å². The summed E-state index contributed by atoms with van der Waals surface area (Å²) in [4.78, 5) is 16.6. The molecule has 0 fully saturated rings. The highest BCUT2D eigenvalue weighted by atomic mass is 32.2. The van der Waals surface area contributed by atoms with E-state index in [1.165, 1.54) is 48.2 Å². The van der Waals surface area contributed by atoms with Gasteiger partial charge in [0.05, 0.1) is 6.61 Å². The second-order valence-electron chi connectivity index (χ2n) is 6.20. The third kappa shape index (κ3) is 6.32. The molecule has 0 radical (unpaired) electrons. The Labute approximate surface area is 199 Å². The molecule has 1 aromatic heterocycles. The normalized spacial score (nSPS) is 11.5. The molecule has 3 aromatic rings. The van der Waals surface area contributed by atoms with Gasteiger partial charge in [-0.05, 0) is 49.1 Å². The van der Waals surface area contributed by atoms with Crippen molar-refractivity contribution in [2.24, 2.45) is 0 Å². The summed E-state index contributed by atoms with van der Waals surface area (Å²) in [5, 5.41) is 12.8. The van der Waals surface area contributed by atoms with E-state index in [2.05, 4.69) is 14.7 Å². The molecule has 1 amide bonds. The number of carbonyl (C=O) groups is 1. The minimum atomic E-state index is -4.07. The fraction of sp³-hybridized carbons (Fsp3) is 0.143. The number of thioether (sulfide) groups is 1. The zero-order chi connectivity index (χ0) is 23.8. The molecule has 0 aliphatic heterocycles. The van der Waals surface area contributed by atoms with Gasteiger partial charge in [-0.2, -0.15) is 23.0 Å². The lowest BCUT2D eigenvalue weighted by molar-refractivity contribution is -0.112. The number of ether oxygens (including phenoxy) is 1. The van der Waals surface area contributed by atoms with Crippen LogP contribution in [0.15, 0.2) is 64.2 Å². The molecule has 0 saturated carbocycles. The quantitative estimate of drug-likeness (QED) is 0.200. The first-order valence-electron chi connectivity index (χ1n) is 9.43. The van der Waals surface area contributed by atoms with E-state index >= 15 is 0 Å². The Kier molecular flexibility index (Phi) is 8.05. The number of hydrogen-bond donors (Lipinski definition) is 1. The van der Waals surface area contributed by atoms with Gasteiger partial charge in [0.2, 0.25) is 10.3 Å². The molecule has 1 N–H and O–H groups in total. The first-order valence-corrected chi connectivity index (χ1v) is 12.8. The maximum atomic E-state index is 12.6. The lowest BCUT2D eigenvalue weighted by Gasteiger charge is -2.12. The molecule has 3 rings (SSSR count). The Morgan fingerprint density at radius 2 is 2.00 bits per heavy atom. The predicted molar refractivity (Wildman–Crippen MR) is 126 cm³/mol. The van der Waals surface area contributed by atoms with E-state index < -0.39 is 16.0 Å². The average molecular weight is 503 g/mol. The van der Waals surface area contributed by atoms with E-state index in [0.717, 1.165) is 11.5 Å². The summed E-state index contributed by atoms with van der Waals surface area (Å²) in [6.07, 6.45) is 3.16. The molecule has 0 aliphatic rings. The zero-order valence-corrected chi connectivity index (χ0v) is 20.0. The van der Waals surface area contributed by atoms with Crippen molar-refractivity contribution in [3.05, 3.63) is 59.7 Å². The molecule has 9 nitrogen and oxygen atoms in total. The Bertz CT molecular complexity index is 1320. The highest BCUT2D eigenvalue weighted by Crippen LogP contribution is 2.32. The van der Waals surface area contributed by atoms with Crippen LogP contribution in [0.5, 0.6) is 11.5 Å². The van der Waals surface area contributed by atoms with Gasteiger partial charge < -0.3 is 8.92 Å². The summed E-state index contributed by atoms with van der Waals surface area (Å²) in [5.74, 6) is -0.511. The van der Waals surface area contributed by atoms with Crippen LogP contribution in [0, 0.1) is 11.3 Å². The molecule has 0 saturated heterocycles. The van der Waals surface area contributed by atoms with Crippen molar-refractivity contribution < 1.29 is 22.1 Å². The number of carbonyl (C=O) groups excluding carboxylic acids is 1. The summed E-state index contributed by atoms with van der Waals surface area (Å²) in [5.41, 5.74) is 0.264. The minimum Gasteiger partial charge on any atom is -0.490 e. The van der Waals surface area contributed by atoms with Crippen molar-refractivity contribution in [1.29, 1.82) is 5.26 Å². The van der Waals surface area contributed by atoms with Gasteiger partial charge in [-0.3, -0.25) is 10.1 Å². The van der Waals surface area contributed by atoms with E-state index in [0.29, 0.717) is 10.7 Å². The number of hydrogen-bond acceptors (Lipinski definition) is 10. The number of amides is 1. The van der Waals surface area contributed by atoms with Gasteiger partial charge in [-0.15, -0.1) is 0 Å². The molecule has 12 heteroatoms. The van der Waals surface area contributed by atoms with Crippen LogP contribution in [0.1, 0.15) is 12.5 Å². The van der Waals surface area contributed by atoms with Crippen LogP contribution < -0.4 is 14.2 Å². The summed E-state index contributed by atoms with van der Waals surface area (Å²) in [6, 6.07) is 14.0. The fourth-order valence-corrected chi connectivity index (χ4v) is 4.61. The molecule has 33 heavy (non-hydrogen) atoms. The van der Waals surface area contributed by atoms with Crippen molar-refractivity contribution in [2.45, 2.75) is 17.0 Å². The first-order chi connectivity index (χ1) is 15.9. The number of benzene rings is 2. The summed E-state index contributed by atoms with van der Waals surface area (Å²) in [7, 11) is -4.07. The van der Waals surface area contributed by atoms with Crippen LogP contribution in [-0.2, 0) is 14.9 Å². The summed E-state index contributed by atoms with van der Waals surface area (Å²) >= 11 is 2.34. The van der Waals surface area contributed by atoms with E-state index in [4.69, 9.17) is 8.92 Å². The van der Waals surface area contributed by atoms with Crippen LogP contribution in [-0.4, -0.2) is 36.5 Å². The molecule has 0 aliphatic carbocycles. The molecule has 2 aromatic carbocycles. The standard InChI is InChI=1S/C21H18N4O5S3/c1-3-29-18-12-14(9-10-17(18)30-33(27,28)16-7-5-4-6-8-16)11-15(13-22)19(26)23-20-24-21(31-2)25-32-20/h4-12H,3H2,1-2H3,(H,23,24,25,26). The van der Waals surface area contributed by atoms with Crippen molar-refractivity contribution in [3.63, 3.8) is 0 Å². The third-order valence-electron chi connectivity index (χ3n) is 3.99. The first kappa shape index (κ1) is 24.2. The second kappa shape index (κ2) is 11.0. The number of nitriles is 1. The maximum Gasteiger partial charge on any atom is 0.339 e. The lowest BCUT2D eigenvalue weighted by Crippen LogP contribution is -2.13. The monoisotopic (exact) mass is 502 g/mol. The Morgan fingerprint density at radius 3 is 2.64 bits per heavy atom. The van der Waals surface area contributed by atoms with Crippen molar-refractivity contribution in [3.8, 4) is 17.6 Å². The predicted octanol–water partition coefficient (Wildman–Crippen LogP) is 3.97. The van der Waals surface area contributed by atoms with E-state index in [9.17, 15) is 18.5 Å². The highest BCUT2D eigenvalue weighted by Gasteiger charge is 2.19. The Hall–Kier alpha value is -3.40. The molecular weight excluding hydrogens is 484 g/mol. The SMILES string of the molecule is CCOc1cc(C=C(C#N)C(=O)Nc2nc(SC)ns2)ccc1OS(=O)(=O)c1ccccc1. The smallest absolute Gasteiger partial charge is 0.339 e. The van der Waals surface area contributed by atoms with E-state index in [1.54, 1.807) is 25.1 Å². The van der Waals surface area contributed by atoms with Gasteiger partial charge in [-0.25, -0.2) is 0 Å². The average Bonchev–Trinajstić information content (AvgIpc) is 3.27. The number of nitrogens with one attached hydrogen (secondary N) is 1. The summed E-state index contributed by atoms with van der Waals surface area (Å²) in [6.45, 7) is 1.98. The molecule has 0 bridgehead atoms. The van der Waals surface area contributed by atoms with Crippen molar-refractivity contribution in [2.75, 3.05) is 18.2 Å². The van der Waals surface area contributed by atoms with Crippen molar-refractivity contribution in [1.82, 2.24) is 9.36 Å². The molecule has 170 valence electrons. The van der Waals surface area contributed by atoms with Gasteiger partial charge in [0.25, 0.3) is 5.91 Å². The number of anilines is 1. The maximum absolute atomic E-state index is 12.6. The van der Waals surface area contributed by atoms with Gasteiger partial charge in [0, 0.05) is 11.5 Å². The molecule has 0 spiro atoms. The van der Waals surface area contributed by atoms with Crippen molar-refractivity contribution >= 4 is 50.5 Å². The highest BCUT2D eigenvalue weighted by molar-refractivity contribution is 7.98. The zero-order valence-electron chi connectivity index (χ0n) is 17.5. The number of aromatic nitrogens is 2. The summed E-state index contributed by atoms with van der Waals surface area (Å²) < 4.78 is 39.9. The largest absolute Gasteiger partial charge is 0.490 e. The topological polar surface area (TPSA) is 131 Å². The van der Waals surface area contributed by atoms with Crippen LogP contribution in [0.4, 0.5) is 5.13 Å². The Balaban J connectivity index is 1.85. The lowest BCUT2D eigenvalue weighted by atomic mass is 10.1. The van der Waals surface area contributed by atoms with Gasteiger partial charge in [0.15, 0.2) is 11.5 Å². The molecular formula is C21H18N4O5S3. The van der Waals surface area contributed by atoms with E-state index in [1.807, 2.05) is 12.3 Å². The van der Waals surface area contributed by atoms with Gasteiger partial charge >= 0.3 is 10.1 Å². The Morgan fingerprint density at radius 1 is 1.24 bits per heavy atom. The van der Waals surface area contributed by atoms with Gasteiger partial charge in [0.1, 0.15) is 16.5 Å². The van der Waals surface area contributed by atoms with Gasteiger partial charge in [-0.1, -0.05) is 36.0 Å². The minimum absolute atomic E-state index is 0.00108. The van der Waals surface area contributed by atoms with E-state index in [-0.39, 0.29) is 33.7 Å². The number of nitrogens with zero attached hydrogens (tertiary/aromatic N) is 3. The van der Waals surface area contributed by atoms with Crippen LogP contribution in [0.3, 0.4) is 0 Å². The molecule has 0 unspecified atom stereocenters.